The summed E-state index contributed by atoms with van der Waals surface area (Å²) in [4.78, 5) is 9.77. The molecule has 0 spiro atoms. The molecule has 3 N–H and O–H groups in total. The molecule has 178 valence electrons. The first-order chi connectivity index (χ1) is 16.2. The normalized spacial score (nSPS) is 14.5. The highest BCUT2D eigenvalue weighted by atomic mass is 16.5. The zero-order chi connectivity index (χ0) is 23.0. The van der Waals surface area contributed by atoms with E-state index in [1.807, 2.05) is 35.9 Å². The lowest BCUT2D eigenvalue weighted by molar-refractivity contribution is 0.137. The van der Waals surface area contributed by atoms with Crippen molar-refractivity contribution < 1.29 is 9.47 Å². The second-order valence-corrected chi connectivity index (χ2v) is 8.24. The van der Waals surface area contributed by atoms with Gasteiger partial charge >= 0.3 is 0 Å². The smallest absolute Gasteiger partial charge is 0.225 e. The van der Waals surface area contributed by atoms with Gasteiger partial charge in [-0.25, -0.2) is 4.98 Å². The molecular formula is C24H35N7O2. The van der Waals surface area contributed by atoms with E-state index in [1.165, 1.54) is 12.8 Å². The second kappa shape index (κ2) is 11.3. The Bertz CT molecular complexity index is 1050. The number of nitrogens with one attached hydrogen (secondary N) is 3. The van der Waals surface area contributed by atoms with Gasteiger partial charge in [0, 0.05) is 24.9 Å². The van der Waals surface area contributed by atoms with Gasteiger partial charge in [0.2, 0.25) is 5.95 Å². The van der Waals surface area contributed by atoms with E-state index >= 15 is 0 Å². The van der Waals surface area contributed by atoms with E-state index in [4.69, 9.17) is 24.5 Å². The number of rotatable bonds is 11. The Kier molecular flexibility index (Phi) is 7.96. The molecule has 1 saturated heterocycles. The summed E-state index contributed by atoms with van der Waals surface area (Å²) in [5, 5.41) is 15.2. The number of fused-ring (bicyclic) bond motifs is 1. The Morgan fingerprint density at radius 3 is 2.79 bits per heavy atom. The van der Waals surface area contributed by atoms with E-state index in [2.05, 4.69) is 22.9 Å². The predicted octanol–water partition coefficient (Wildman–Crippen LogP) is 3.59. The van der Waals surface area contributed by atoms with Crippen molar-refractivity contribution in [2.45, 2.75) is 39.7 Å². The van der Waals surface area contributed by atoms with Crippen molar-refractivity contribution in [3.05, 3.63) is 30.0 Å². The van der Waals surface area contributed by atoms with Crippen LogP contribution in [0.5, 0.6) is 5.75 Å². The van der Waals surface area contributed by atoms with Crippen molar-refractivity contribution in [3.63, 3.8) is 0 Å². The molecule has 1 aliphatic rings. The average Bonchev–Trinajstić information content (AvgIpc) is 3.21. The van der Waals surface area contributed by atoms with Crippen LogP contribution in [0.15, 0.2) is 24.3 Å². The lowest BCUT2D eigenvalue weighted by atomic mass is 9.98. The minimum absolute atomic E-state index is 0.588. The second-order valence-electron chi connectivity index (χ2n) is 8.24. The summed E-state index contributed by atoms with van der Waals surface area (Å²) >= 11 is 0. The summed E-state index contributed by atoms with van der Waals surface area (Å²) in [7, 11) is 1.67. The number of hydrogen-bond acceptors (Lipinski definition) is 8. The van der Waals surface area contributed by atoms with Gasteiger partial charge in [-0.3, -0.25) is 4.68 Å². The maximum absolute atomic E-state index is 5.59. The average molecular weight is 454 g/mol. The highest BCUT2D eigenvalue weighted by Gasteiger charge is 2.19. The minimum atomic E-state index is 0.588. The lowest BCUT2D eigenvalue weighted by Crippen LogP contribution is -2.31. The monoisotopic (exact) mass is 453 g/mol. The summed E-state index contributed by atoms with van der Waals surface area (Å²) in [6.07, 6.45) is 3.13. The number of nitrogens with zero attached hydrogens (tertiary/aromatic N) is 4. The van der Waals surface area contributed by atoms with E-state index in [0.717, 1.165) is 60.0 Å². The van der Waals surface area contributed by atoms with Crippen molar-refractivity contribution in [1.29, 1.82) is 0 Å². The number of aromatic nitrogens is 4. The maximum atomic E-state index is 5.59. The topological polar surface area (TPSA) is 98.2 Å². The van der Waals surface area contributed by atoms with Crippen LogP contribution < -0.4 is 20.7 Å². The summed E-state index contributed by atoms with van der Waals surface area (Å²) < 4.78 is 12.9. The fraction of sp³-hybridized carbons (Fsp3) is 0.542. The first-order valence-electron chi connectivity index (χ1n) is 11.9. The Labute approximate surface area is 195 Å². The molecule has 0 unspecified atom stereocenters. The summed E-state index contributed by atoms with van der Waals surface area (Å²) in [6, 6.07) is 7.84. The minimum Gasteiger partial charge on any atom is -0.497 e. The maximum Gasteiger partial charge on any atom is 0.225 e. The number of aryl methyl sites for hydroxylation is 1. The summed E-state index contributed by atoms with van der Waals surface area (Å²) in [5.74, 6) is 2.77. The molecule has 1 fully saturated rings. The molecule has 0 atom stereocenters. The van der Waals surface area contributed by atoms with Crippen molar-refractivity contribution in [1.82, 2.24) is 25.1 Å². The van der Waals surface area contributed by atoms with E-state index in [0.29, 0.717) is 31.6 Å². The Morgan fingerprint density at radius 1 is 1.18 bits per heavy atom. The first kappa shape index (κ1) is 23.3. The number of piperidine rings is 1. The van der Waals surface area contributed by atoms with Gasteiger partial charge in [-0.2, -0.15) is 10.1 Å². The third-order valence-corrected chi connectivity index (χ3v) is 5.98. The summed E-state index contributed by atoms with van der Waals surface area (Å²) in [5.41, 5.74) is 3.63. The molecule has 0 aliphatic carbocycles. The molecule has 4 rings (SSSR count). The van der Waals surface area contributed by atoms with Crippen LogP contribution in [0.4, 0.5) is 17.5 Å². The van der Waals surface area contributed by atoms with Crippen molar-refractivity contribution in [3.8, 4) is 5.75 Å². The molecule has 9 heteroatoms. The van der Waals surface area contributed by atoms with Gasteiger partial charge in [-0.15, -0.1) is 0 Å². The molecule has 0 saturated carbocycles. The van der Waals surface area contributed by atoms with Gasteiger partial charge in [0.25, 0.3) is 0 Å². The van der Waals surface area contributed by atoms with Gasteiger partial charge in [0.1, 0.15) is 16.8 Å². The molecule has 0 bridgehead atoms. The number of hydrogen-bond donors (Lipinski definition) is 3. The highest BCUT2D eigenvalue weighted by molar-refractivity contribution is 5.90. The van der Waals surface area contributed by atoms with Crippen LogP contribution in [-0.4, -0.2) is 59.7 Å². The quantitative estimate of drug-likeness (QED) is 0.379. The molecule has 2 aromatic heterocycles. The Morgan fingerprint density at radius 2 is 2.03 bits per heavy atom. The fourth-order valence-corrected chi connectivity index (χ4v) is 4.16. The third-order valence-electron chi connectivity index (χ3n) is 5.98. The van der Waals surface area contributed by atoms with Crippen LogP contribution in [0.3, 0.4) is 0 Å². The fourth-order valence-electron chi connectivity index (χ4n) is 4.16. The van der Waals surface area contributed by atoms with Crippen LogP contribution in [0, 0.1) is 5.92 Å². The van der Waals surface area contributed by atoms with E-state index < -0.39 is 0 Å². The van der Waals surface area contributed by atoms with Gasteiger partial charge in [-0.05, 0) is 57.3 Å². The zero-order valence-electron chi connectivity index (χ0n) is 19.9. The standard InChI is InChI=1S/C24H35N7O2/c1-4-20-21-22(31(30-20)13-14-33-5-2)23(27-18-7-6-8-19(15-18)32-3)29-24(28-21)26-16-17-9-11-25-12-10-17/h6-8,15,17,25H,4-5,9-14,16H2,1-3H3,(H2,26,27,28,29). The molecule has 0 amide bonds. The Balaban J connectivity index is 1.69. The summed E-state index contributed by atoms with van der Waals surface area (Å²) in [6.45, 7) is 9.02. The van der Waals surface area contributed by atoms with E-state index in [9.17, 15) is 0 Å². The molecule has 1 aromatic carbocycles. The highest BCUT2D eigenvalue weighted by Crippen LogP contribution is 2.29. The molecule has 3 aromatic rings. The number of anilines is 3. The van der Waals surface area contributed by atoms with E-state index in [1.54, 1.807) is 7.11 Å². The first-order valence-corrected chi connectivity index (χ1v) is 11.9. The molecule has 9 nitrogen and oxygen atoms in total. The van der Waals surface area contributed by atoms with Crippen molar-refractivity contribution >= 4 is 28.5 Å². The van der Waals surface area contributed by atoms with Crippen molar-refractivity contribution in [2.75, 3.05) is 50.6 Å². The van der Waals surface area contributed by atoms with Crippen LogP contribution in [0.25, 0.3) is 11.0 Å². The SMILES string of the molecule is CCOCCn1nc(CC)c2nc(NCC3CCNCC3)nc(Nc3cccc(OC)c3)c21. The zero-order valence-corrected chi connectivity index (χ0v) is 19.9. The van der Waals surface area contributed by atoms with Gasteiger partial charge in [0.15, 0.2) is 5.82 Å². The molecule has 0 radical (unpaired) electrons. The molecule has 33 heavy (non-hydrogen) atoms. The lowest BCUT2D eigenvalue weighted by Gasteiger charge is -2.22. The van der Waals surface area contributed by atoms with Crippen LogP contribution >= 0.6 is 0 Å². The van der Waals surface area contributed by atoms with Gasteiger partial charge in [-0.1, -0.05) is 13.0 Å². The number of methoxy groups -OCH3 is 1. The van der Waals surface area contributed by atoms with E-state index in [-0.39, 0.29) is 0 Å². The molecule has 3 heterocycles. The van der Waals surface area contributed by atoms with Crippen LogP contribution in [0.2, 0.25) is 0 Å². The Hall–Kier alpha value is -2.91. The van der Waals surface area contributed by atoms with Gasteiger partial charge in [0.05, 0.1) is 26.0 Å². The number of ether oxygens (including phenoxy) is 2. The molecule has 1 aliphatic heterocycles. The third kappa shape index (κ3) is 5.72. The largest absolute Gasteiger partial charge is 0.497 e. The predicted molar refractivity (Wildman–Crippen MR) is 132 cm³/mol. The number of benzene rings is 1. The van der Waals surface area contributed by atoms with Crippen molar-refractivity contribution in [2.24, 2.45) is 5.92 Å². The van der Waals surface area contributed by atoms with Crippen LogP contribution in [0.1, 0.15) is 32.4 Å². The van der Waals surface area contributed by atoms with Gasteiger partial charge < -0.3 is 25.4 Å². The van der Waals surface area contributed by atoms with Crippen LogP contribution in [-0.2, 0) is 17.7 Å². The molecular weight excluding hydrogens is 418 g/mol.